The normalized spacial score (nSPS) is 11.9. The standard InChI is InChI=1S/C17H21Cl2N7/c1-20-17(22-11-12-10-13(18)16(19)25(12)2)21-8-5-7-15-24-23-14-6-3-4-9-26(14)15/h3-4,6,9-10H,5,7-8,11H2,1-2H3,(H2,20,21,22). The Balaban J connectivity index is 1.46. The zero-order valence-electron chi connectivity index (χ0n) is 14.7. The molecule has 3 heterocycles. The summed E-state index contributed by atoms with van der Waals surface area (Å²) in [4.78, 5) is 4.23. The highest BCUT2D eigenvalue weighted by Gasteiger charge is 2.09. The van der Waals surface area contributed by atoms with E-state index < -0.39 is 0 Å². The topological polar surface area (TPSA) is 71.5 Å². The molecule has 0 unspecified atom stereocenters. The average Bonchev–Trinajstić information content (AvgIpc) is 3.18. The molecule has 0 spiro atoms. The Morgan fingerprint density at radius 1 is 1.23 bits per heavy atom. The highest BCUT2D eigenvalue weighted by Crippen LogP contribution is 2.24. The quantitative estimate of drug-likeness (QED) is 0.383. The van der Waals surface area contributed by atoms with Gasteiger partial charge in [-0.25, -0.2) is 0 Å². The molecule has 0 amide bonds. The van der Waals surface area contributed by atoms with Crippen molar-refractivity contribution < 1.29 is 0 Å². The van der Waals surface area contributed by atoms with Crippen LogP contribution < -0.4 is 10.6 Å². The van der Waals surface area contributed by atoms with E-state index in [1.165, 1.54) is 0 Å². The third-order valence-corrected chi connectivity index (χ3v) is 4.97. The summed E-state index contributed by atoms with van der Waals surface area (Å²) in [5, 5.41) is 16.0. The molecular weight excluding hydrogens is 373 g/mol. The second-order valence-electron chi connectivity index (χ2n) is 5.83. The molecule has 0 radical (unpaired) electrons. The minimum absolute atomic E-state index is 0.534. The van der Waals surface area contributed by atoms with Gasteiger partial charge in [0.2, 0.25) is 0 Å². The van der Waals surface area contributed by atoms with Gasteiger partial charge in [0.1, 0.15) is 11.0 Å². The Kier molecular flexibility index (Phi) is 6.00. The largest absolute Gasteiger partial charge is 0.356 e. The van der Waals surface area contributed by atoms with Crippen molar-refractivity contribution in [2.75, 3.05) is 13.6 Å². The van der Waals surface area contributed by atoms with Crippen molar-refractivity contribution >= 4 is 34.8 Å². The van der Waals surface area contributed by atoms with Crippen LogP contribution in [-0.2, 0) is 20.0 Å². The van der Waals surface area contributed by atoms with E-state index in [0.29, 0.717) is 16.7 Å². The second-order valence-corrected chi connectivity index (χ2v) is 6.60. The number of guanidine groups is 1. The first-order valence-electron chi connectivity index (χ1n) is 8.33. The molecule has 0 saturated carbocycles. The maximum absolute atomic E-state index is 6.08. The molecule has 0 fully saturated rings. The number of nitrogens with one attached hydrogen (secondary N) is 2. The van der Waals surface area contributed by atoms with Crippen LogP contribution in [-0.4, -0.2) is 38.7 Å². The van der Waals surface area contributed by atoms with Gasteiger partial charge in [-0.05, 0) is 24.6 Å². The summed E-state index contributed by atoms with van der Waals surface area (Å²) in [5.41, 5.74) is 1.85. The van der Waals surface area contributed by atoms with E-state index >= 15 is 0 Å². The van der Waals surface area contributed by atoms with E-state index in [9.17, 15) is 0 Å². The molecule has 3 aromatic heterocycles. The maximum Gasteiger partial charge on any atom is 0.191 e. The van der Waals surface area contributed by atoms with Crippen LogP contribution in [0.25, 0.3) is 5.65 Å². The first kappa shape index (κ1) is 18.5. The fourth-order valence-electron chi connectivity index (χ4n) is 2.67. The number of hydrogen-bond acceptors (Lipinski definition) is 3. The molecule has 26 heavy (non-hydrogen) atoms. The zero-order chi connectivity index (χ0) is 18.5. The molecule has 0 aliphatic carbocycles. The predicted molar refractivity (Wildman–Crippen MR) is 105 cm³/mol. The van der Waals surface area contributed by atoms with Crippen LogP contribution in [0.2, 0.25) is 10.2 Å². The van der Waals surface area contributed by atoms with E-state index in [4.69, 9.17) is 23.2 Å². The van der Waals surface area contributed by atoms with Crippen LogP contribution in [0.1, 0.15) is 17.9 Å². The zero-order valence-corrected chi connectivity index (χ0v) is 16.2. The van der Waals surface area contributed by atoms with Gasteiger partial charge in [-0.15, -0.1) is 10.2 Å². The third-order valence-electron chi connectivity index (χ3n) is 4.13. The van der Waals surface area contributed by atoms with Gasteiger partial charge >= 0.3 is 0 Å². The Bertz CT molecular complexity index is 913. The first-order chi connectivity index (χ1) is 12.6. The Labute approximate surface area is 162 Å². The molecule has 3 aromatic rings. The summed E-state index contributed by atoms with van der Waals surface area (Å²) in [5.74, 6) is 1.68. The highest BCUT2D eigenvalue weighted by molar-refractivity contribution is 6.41. The molecule has 7 nitrogen and oxygen atoms in total. The van der Waals surface area contributed by atoms with Gasteiger partial charge in [-0.3, -0.25) is 9.39 Å². The number of rotatable bonds is 6. The number of hydrogen-bond donors (Lipinski definition) is 2. The van der Waals surface area contributed by atoms with Gasteiger partial charge in [0.05, 0.1) is 11.6 Å². The number of fused-ring (bicyclic) bond motifs is 1. The van der Waals surface area contributed by atoms with Crippen LogP contribution in [0.3, 0.4) is 0 Å². The lowest BCUT2D eigenvalue weighted by Crippen LogP contribution is -2.37. The van der Waals surface area contributed by atoms with Crippen molar-refractivity contribution in [3.63, 3.8) is 0 Å². The van der Waals surface area contributed by atoms with Gasteiger partial charge in [-0.2, -0.15) is 0 Å². The second kappa shape index (κ2) is 8.42. The number of nitrogens with zero attached hydrogens (tertiary/aromatic N) is 5. The van der Waals surface area contributed by atoms with Gasteiger partial charge in [0.25, 0.3) is 0 Å². The molecule has 9 heteroatoms. The Hall–Kier alpha value is -2.25. The third kappa shape index (κ3) is 4.11. The number of aryl methyl sites for hydroxylation is 1. The molecular formula is C17H21Cl2N7. The molecule has 0 aromatic carbocycles. The van der Waals surface area contributed by atoms with Crippen LogP contribution in [0.5, 0.6) is 0 Å². The lowest BCUT2D eigenvalue weighted by molar-refractivity contribution is 0.704. The van der Waals surface area contributed by atoms with E-state index in [1.807, 2.05) is 46.5 Å². The summed E-state index contributed by atoms with van der Waals surface area (Å²) >= 11 is 12.1. The summed E-state index contributed by atoms with van der Waals surface area (Å²) in [7, 11) is 3.62. The summed E-state index contributed by atoms with van der Waals surface area (Å²) in [6.45, 7) is 1.35. The SMILES string of the molecule is CN=C(NCCCc1nnc2ccccn12)NCc1cc(Cl)c(Cl)n1C. The van der Waals surface area contributed by atoms with Crippen LogP contribution in [0.15, 0.2) is 35.5 Å². The van der Waals surface area contributed by atoms with E-state index in [-0.39, 0.29) is 0 Å². The van der Waals surface area contributed by atoms with E-state index in [2.05, 4.69) is 25.8 Å². The smallest absolute Gasteiger partial charge is 0.191 e. The van der Waals surface area contributed by atoms with E-state index in [1.54, 1.807) is 7.05 Å². The lowest BCUT2D eigenvalue weighted by Gasteiger charge is -2.12. The predicted octanol–water partition coefficient (Wildman–Crippen LogP) is 2.67. The molecule has 2 N–H and O–H groups in total. The van der Waals surface area contributed by atoms with Gasteiger partial charge in [0, 0.05) is 39.0 Å². The summed E-state index contributed by atoms with van der Waals surface area (Å²) in [6.07, 6.45) is 3.73. The van der Waals surface area contributed by atoms with Crippen LogP contribution in [0.4, 0.5) is 0 Å². The maximum atomic E-state index is 6.08. The monoisotopic (exact) mass is 393 g/mol. The van der Waals surface area contributed by atoms with Gasteiger partial charge in [-0.1, -0.05) is 29.3 Å². The number of halogens is 2. The van der Waals surface area contributed by atoms with Crippen molar-refractivity contribution in [2.45, 2.75) is 19.4 Å². The summed E-state index contributed by atoms with van der Waals surface area (Å²) in [6, 6.07) is 7.73. The van der Waals surface area contributed by atoms with Crippen molar-refractivity contribution in [3.8, 4) is 0 Å². The minimum Gasteiger partial charge on any atom is -0.356 e. The number of aliphatic imine (C=N–C) groups is 1. The molecule has 0 aliphatic heterocycles. The molecule has 0 atom stereocenters. The average molecular weight is 394 g/mol. The van der Waals surface area contributed by atoms with Crippen molar-refractivity contribution in [2.24, 2.45) is 12.0 Å². The molecule has 0 bridgehead atoms. The Morgan fingerprint density at radius 2 is 2.08 bits per heavy atom. The van der Waals surface area contributed by atoms with Crippen molar-refractivity contribution in [1.29, 1.82) is 0 Å². The molecule has 138 valence electrons. The summed E-state index contributed by atoms with van der Waals surface area (Å²) < 4.78 is 3.86. The lowest BCUT2D eigenvalue weighted by atomic mass is 10.3. The molecule has 0 saturated heterocycles. The Morgan fingerprint density at radius 3 is 2.81 bits per heavy atom. The first-order valence-corrected chi connectivity index (χ1v) is 9.08. The van der Waals surface area contributed by atoms with Gasteiger partial charge < -0.3 is 15.2 Å². The molecule has 3 rings (SSSR count). The fourth-order valence-corrected chi connectivity index (χ4v) is 3.08. The molecule has 0 aliphatic rings. The van der Waals surface area contributed by atoms with Crippen molar-refractivity contribution in [1.82, 2.24) is 29.8 Å². The minimum atomic E-state index is 0.534. The fraction of sp³-hybridized carbons (Fsp3) is 0.353. The van der Waals surface area contributed by atoms with Gasteiger partial charge in [0.15, 0.2) is 11.6 Å². The van der Waals surface area contributed by atoms with Crippen LogP contribution >= 0.6 is 23.2 Å². The highest BCUT2D eigenvalue weighted by atomic mass is 35.5. The van der Waals surface area contributed by atoms with Crippen molar-refractivity contribution in [3.05, 3.63) is 52.2 Å². The van der Waals surface area contributed by atoms with Crippen LogP contribution in [0, 0.1) is 0 Å². The van der Waals surface area contributed by atoms with E-state index in [0.717, 1.165) is 42.5 Å². The number of aromatic nitrogens is 4. The number of pyridine rings is 1.